The molecule has 0 saturated carbocycles. The van der Waals surface area contributed by atoms with E-state index in [2.05, 4.69) is 97.9 Å². The van der Waals surface area contributed by atoms with Gasteiger partial charge in [0.1, 0.15) is 11.2 Å². The van der Waals surface area contributed by atoms with Crippen LogP contribution in [0.15, 0.2) is 95.4 Å². The summed E-state index contributed by atoms with van der Waals surface area (Å²) < 4.78 is 6.16. The topological polar surface area (TPSA) is 13.1 Å². The lowest BCUT2D eigenvalue weighted by Gasteiger charge is -2.08. The van der Waals surface area contributed by atoms with Gasteiger partial charge in [0.25, 0.3) is 0 Å². The van der Waals surface area contributed by atoms with Gasteiger partial charge < -0.3 is 4.42 Å². The molecule has 0 aliphatic carbocycles. The molecule has 0 bridgehead atoms. The second-order valence-electron chi connectivity index (χ2n) is 7.49. The van der Waals surface area contributed by atoms with Crippen molar-refractivity contribution in [3.05, 3.63) is 96.6 Å². The van der Waals surface area contributed by atoms with Gasteiger partial charge in [-0.05, 0) is 69.4 Å². The predicted octanol–water partition coefficient (Wildman–Crippen LogP) is 7.87. The lowest BCUT2D eigenvalue weighted by Crippen LogP contribution is -1.82. The van der Waals surface area contributed by atoms with E-state index in [-0.39, 0.29) is 0 Å². The summed E-state index contributed by atoms with van der Waals surface area (Å²) in [5.74, 6) is 0. The Morgan fingerprint density at radius 3 is 2.39 bits per heavy atom. The molecule has 0 amide bonds. The lowest BCUT2D eigenvalue weighted by atomic mass is 9.95. The summed E-state index contributed by atoms with van der Waals surface area (Å²) >= 11 is 0. The van der Waals surface area contributed by atoms with Crippen molar-refractivity contribution in [2.45, 2.75) is 6.92 Å². The maximum Gasteiger partial charge on any atom is 0.136 e. The first kappa shape index (κ1) is 15.5. The molecule has 5 aromatic carbocycles. The second-order valence-corrected chi connectivity index (χ2v) is 7.49. The SMILES string of the molecule is Cc1cccc2oc3cc4cc(-c5cccc6ccccc56)ccc4cc3c12. The van der Waals surface area contributed by atoms with Crippen molar-refractivity contribution in [3.8, 4) is 11.1 Å². The molecule has 0 fully saturated rings. The number of hydrogen-bond acceptors (Lipinski definition) is 1. The van der Waals surface area contributed by atoms with Crippen molar-refractivity contribution in [2.24, 2.45) is 0 Å². The van der Waals surface area contributed by atoms with Crippen LogP contribution in [0.3, 0.4) is 0 Å². The third-order valence-corrected chi connectivity index (χ3v) is 5.76. The van der Waals surface area contributed by atoms with Crippen LogP contribution in [-0.4, -0.2) is 0 Å². The number of benzene rings is 5. The Balaban J connectivity index is 1.63. The quantitative estimate of drug-likeness (QED) is 0.291. The standard InChI is InChI=1S/C27H18O/c1-17-6-4-11-25-27(17)24-15-19-12-13-20(14-21(19)16-26(24)28-25)23-10-5-8-18-7-2-3-9-22(18)23/h2-16H,1H3. The highest BCUT2D eigenvalue weighted by molar-refractivity contribution is 6.12. The van der Waals surface area contributed by atoms with E-state index in [1.807, 2.05) is 0 Å². The molecule has 0 saturated heterocycles. The molecule has 0 aliphatic rings. The molecular formula is C27H18O. The van der Waals surface area contributed by atoms with Gasteiger partial charge >= 0.3 is 0 Å². The molecule has 0 aliphatic heterocycles. The van der Waals surface area contributed by atoms with Crippen LogP contribution < -0.4 is 0 Å². The number of fused-ring (bicyclic) bond motifs is 5. The van der Waals surface area contributed by atoms with Gasteiger partial charge in [-0.15, -0.1) is 0 Å². The minimum atomic E-state index is 0.951. The fourth-order valence-electron chi connectivity index (χ4n) is 4.39. The molecule has 132 valence electrons. The van der Waals surface area contributed by atoms with Crippen LogP contribution in [0.25, 0.3) is 54.6 Å². The first-order valence-corrected chi connectivity index (χ1v) is 9.62. The average molecular weight is 358 g/mol. The van der Waals surface area contributed by atoms with Gasteiger partial charge in [0, 0.05) is 10.8 Å². The van der Waals surface area contributed by atoms with Gasteiger partial charge in [-0.25, -0.2) is 0 Å². The van der Waals surface area contributed by atoms with Crippen LogP contribution in [0.4, 0.5) is 0 Å². The molecule has 1 nitrogen and oxygen atoms in total. The van der Waals surface area contributed by atoms with Crippen molar-refractivity contribution in [1.29, 1.82) is 0 Å². The van der Waals surface area contributed by atoms with Gasteiger partial charge in [0.15, 0.2) is 0 Å². The van der Waals surface area contributed by atoms with Crippen molar-refractivity contribution in [3.63, 3.8) is 0 Å². The summed E-state index contributed by atoms with van der Waals surface area (Å²) in [5.41, 5.74) is 5.66. The molecule has 1 heterocycles. The highest BCUT2D eigenvalue weighted by Gasteiger charge is 2.11. The molecule has 6 rings (SSSR count). The van der Waals surface area contributed by atoms with Crippen LogP contribution in [0.2, 0.25) is 0 Å². The van der Waals surface area contributed by atoms with Crippen molar-refractivity contribution in [1.82, 2.24) is 0 Å². The van der Waals surface area contributed by atoms with Crippen LogP contribution in [0.5, 0.6) is 0 Å². The Morgan fingerprint density at radius 1 is 0.571 bits per heavy atom. The number of aryl methyl sites for hydroxylation is 1. The lowest BCUT2D eigenvalue weighted by molar-refractivity contribution is 0.669. The highest BCUT2D eigenvalue weighted by Crippen LogP contribution is 2.36. The van der Waals surface area contributed by atoms with E-state index in [0.717, 1.165) is 11.2 Å². The Labute approximate surface area is 162 Å². The molecule has 0 N–H and O–H groups in total. The monoisotopic (exact) mass is 358 g/mol. The van der Waals surface area contributed by atoms with Crippen LogP contribution >= 0.6 is 0 Å². The maximum atomic E-state index is 6.16. The summed E-state index contributed by atoms with van der Waals surface area (Å²) in [6, 6.07) is 32.5. The second kappa shape index (κ2) is 5.71. The predicted molar refractivity (Wildman–Crippen MR) is 119 cm³/mol. The van der Waals surface area contributed by atoms with Crippen LogP contribution in [-0.2, 0) is 0 Å². The minimum Gasteiger partial charge on any atom is -0.456 e. The molecule has 28 heavy (non-hydrogen) atoms. The fraction of sp³-hybridized carbons (Fsp3) is 0.0370. The van der Waals surface area contributed by atoms with Gasteiger partial charge in [0.05, 0.1) is 0 Å². The number of rotatable bonds is 1. The van der Waals surface area contributed by atoms with E-state index in [0.29, 0.717) is 0 Å². The minimum absolute atomic E-state index is 0.951. The van der Waals surface area contributed by atoms with Crippen molar-refractivity contribution < 1.29 is 4.42 Å². The summed E-state index contributed by atoms with van der Waals surface area (Å²) in [7, 11) is 0. The molecule has 0 spiro atoms. The zero-order valence-corrected chi connectivity index (χ0v) is 15.6. The largest absolute Gasteiger partial charge is 0.456 e. The normalized spacial score (nSPS) is 11.8. The summed E-state index contributed by atoms with van der Waals surface area (Å²) in [6.07, 6.45) is 0. The molecule has 0 radical (unpaired) electrons. The van der Waals surface area contributed by atoms with E-state index in [9.17, 15) is 0 Å². The summed E-state index contributed by atoms with van der Waals surface area (Å²) in [4.78, 5) is 0. The molecular weight excluding hydrogens is 340 g/mol. The van der Waals surface area contributed by atoms with E-state index >= 15 is 0 Å². The first-order valence-electron chi connectivity index (χ1n) is 9.62. The third-order valence-electron chi connectivity index (χ3n) is 5.76. The molecule has 6 aromatic rings. The third kappa shape index (κ3) is 2.20. The van der Waals surface area contributed by atoms with Crippen molar-refractivity contribution >= 4 is 43.5 Å². The van der Waals surface area contributed by atoms with Gasteiger partial charge in [-0.2, -0.15) is 0 Å². The van der Waals surface area contributed by atoms with Crippen molar-refractivity contribution in [2.75, 3.05) is 0 Å². The van der Waals surface area contributed by atoms with E-state index in [1.165, 1.54) is 49.0 Å². The average Bonchev–Trinajstić information content (AvgIpc) is 3.09. The van der Waals surface area contributed by atoms with Gasteiger partial charge in [-0.1, -0.05) is 66.7 Å². The smallest absolute Gasteiger partial charge is 0.136 e. The van der Waals surface area contributed by atoms with Gasteiger partial charge in [0.2, 0.25) is 0 Å². The van der Waals surface area contributed by atoms with Crippen LogP contribution in [0.1, 0.15) is 5.56 Å². The molecule has 1 heteroatoms. The van der Waals surface area contributed by atoms with Gasteiger partial charge in [-0.3, -0.25) is 0 Å². The van der Waals surface area contributed by atoms with E-state index in [4.69, 9.17) is 4.42 Å². The summed E-state index contributed by atoms with van der Waals surface area (Å²) in [6.45, 7) is 2.14. The van der Waals surface area contributed by atoms with Crippen LogP contribution in [0, 0.1) is 6.92 Å². The Bertz CT molecular complexity index is 1510. The fourth-order valence-corrected chi connectivity index (χ4v) is 4.39. The Hall–Kier alpha value is -3.58. The Morgan fingerprint density at radius 2 is 1.43 bits per heavy atom. The zero-order valence-electron chi connectivity index (χ0n) is 15.6. The molecule has 0 unspecified atom stereocenters. The Kier molecular flexibility index (Phi) is 3.15. The summed E-state index contributed by atoms with van der Waals surface area (Å²) in [5, 5.41) is 7.40. The molecule has 0 atom stereocenters. The van der Waals surface area contributed by atoms with E-state index in [1.54, 1.807) is 0 Å². The zero-order chi connectivity index (χ0) is 18.7. The van der Waals surface area contributed by atoms with E-state index < -0.39 is 0 Å². The maximum absolute atomic E-state index is 6.16. The number of hydrogen-bond donors (Lipinski definition) is 0. The highest BCUT2D eigenvalue weighted by atomic mass is 16.3. The first-order chi connectivity index (χ1) is 13.8. The number of furan rings is 1. The molecule has 1 aromatic heterocycles.